The van der Waals surface area contributed by atoms with E-state index in [1.54, 1.807) is 0 Å². The van der Waals surface area contributed by atoms with E-state index < -0.39 is 0 Å². The maximum Gasteiger partial charge on any atom is 0.213 e. The molecular formula is C18H24N4O. The van der Waals surface area contributed by atoms with Crippen molar-refractivity contribution in [3.8, 4) is 5.88 Å². The predicted molar refractivity (Wildman–Crippen MR) is 90.9 cm³/mol. The first-order valence-electron chi connectivity index (χ1n) is 8.24. The van der Waals surface area contributed by atoms with Crippen LogP contribution in [0.25, 0.3) is 0 Å². The minimum absolute atomic E-state index is 0.502. The Morgan fingerprint density at radius 3 is 2.78 bits per heavy atom. The van der Waals surface area contributed by atoms with E-state index in [1.165, 1.54) is 6.42 Å². The molecule has 3 heterocycles. The highest BCUT2D eigenvalue weighted by atomic mass is 16.5. The summed E-state index contributed by atoms with van der Waals surface area (Å²) in [6.07, 6.45) is 2.35. The Kier molecular flexibility index (Phi) is 4.74. The Morgan fingerprint density at radius 2 is 2.00 bits per heavy atom. The molecule has 2 aromatic heterocycles. The van der Waals surface area contributed by atoms with E-state index in [9.17, 15) is 0 Å². The van der Waals surface area contributed by atoms with E-state index in [-0.39, 0.29) is 0 Å². The van der Waals surface area contributed by atoms with E-state index in [0.29, 0.717) is 12.5 Å². The summed E-state index contributed by atoms with van der Waals surface area (Å²) in [5, 5.41) is 0. The van der Waals surface area contributed by atoms with Crippen molar-refractivity contribution in [1.29, 1.82) is 0 Å². The molecule has 0 aromatic carbocycles. The second kappa shape index (κ2) is 6.94. The van der Waals surface area contributed by atoms with Gasteiger partial charge in [0, 0.05) is 42.5 Å². The van der Waals surface area contributed by atoms with Gasteiger partial charge in [-0.2, -0.15) is 0 Å². The van der Waals surface area contributed by atoms with Crippen molar-refractivity contribution < 1.29 is 4.74 Å². The van der Waals surface area contributed by atoms with Gasteiger partial charge in [0.05, 0.1) is 6.61 Å². The summed E-state index contributed by atoms with van der Waals surface area (Å²) in [7, 11) is 0. The molecule has 0 radical (unpaired) electrons. The second-order valence-corrected chi connectivity index (χ2v) is 6.30. The van der Waals surface area contributed by atoms with Gasteiger partial charge in [-0.05, 0) is 39.7 Å². The fraction of sp³-hybridized carbons (Fsp3) is 0.500. The van der Waals surface area contributed by atoms with Crippen LogP contribution in [0.1, 0.15) is 30.1 Å². The summed E-state index contributed by atoms with van der Waals surface area (Å²) in [5.74, 6) is 3.09. The zero-order valence-corrected chi connectivity index (χ0v) is 14.1. The number of aryl methyl sites for hydroxylation is 3. The number of pyridine rings is 1. The van der Waals surface area contributed by atoms with Crippen molar-refractivity contribution in [3.05, 3.63) is 41.5 Å². The first-order chi connectivity index (χ1) is 11.1. The molecule has 1 unspecified atom stereocenters. The van der Waals surface area contributed by atoms with Gasteiger partial charge >= 0.3 is 0 Å². The third kappa shape index (κ3) is 4.18. The summed E-state index contributed by atoms with van der Waals surface area (Å²) in [5.41, 5.74) is 2.01. The molecule has 0 saturated carbocycles. The van der Waals surface area contributed by atoms with Gasteiger partial charge in [-0.15, -0.1) is 0 Å². The minimum atomic E-state index is 0.502. The normalized spacial score (nSPS) is 18.0. The Balaban J connectivity index is 1.61. The van der Waals surface area contributed by atoms with Crippen LogP contribution in [0, 0.1) is 26.7 Å². The molecule has 2 aromatic rings. The summed E-state index contributed by atoms with van der Waals surface area (Å²) in [6.45, 7) is 8.68. The average molecular weight is 312 g/mol. The quantitative estimate of drug-likeness (QED) is 0.868. The molecular weight excluding hydrogens is 288 g/mol. The number of ether oxygens (including phenoxy) is 1. The maximum atomic E-state index is 5.89. The average Bonchev–Trinajstić information content (AvgIpc) is 2.52. The predicted octanol–water partition coefficient (Wildman–Crippen LogP) is 3.09. The van der Waals surface area contributed by atoms with Gasteiger partial charge in [0.25, 0.3) is 0 Å². The first-order valence-corrected chi connectivity index (χ1v) is 8.24. The van der Waals surface area contributed by atoms with Crippen molar-refractivity contribution >= 4 is 5.82 Å². The van der Waals surface area contributed by atoms with Crippen LogP contribution >= 0.6 is 0 Å². The van der Waals surface area contributed by atoms with Crippen molar-refractivity contribution in [2.45, 2.75) is 33.6 Å². The second-order valence-electron chi connectivity index (χ2n) is 6.30. The van der Waals surface area contributed by atoms with Crippen LogP contribution in [0.3, 0.4) is 0 Å². The van der Waals surface area contributed by atoms with E-state index in [2.05, 4.69) is 25.9 Å². The van der Waals surface area contributed by atoms with Gasteiger partial charge in [-0.25, -0.2) is 15.0 Å². The lowest BCUT2D eigenvalue weighted by Crippen LogP contribution is -2.38. The number of hydrogen-bond acceptors (Lipinski definition) is 5. The van der Waals surface area contributed by atoms with Crippen LogP contribution in [-0.2, 0) is 0 Å². The number of nitrogens with zero attached hydrogens (tertiary/aromatic N) is 4. The molecule has 1 fully saturated rings. The molecule has 0 bridgehead atoms. The highest BCUT2D eigenvalue weighted by molar-refractivity contribution is 5.40. The number of anilines is 1. The Labute approximate surface area is 137 Å². The van der Waals surface area contributed by atoms with Crippen molar-refractivity contribution in [1.82, 2.24) is 15.0 Å². The SMILES string of the molecule is Cc1cccc(OCC2CCCN(c3cc(C)nc(C)n3)C2)n1. The third-order valence-electron chi connectivity index (χ3n) is 4.13. The fourth-order valence-electron chi connectivity index (χ4n) is 3.07. The van der Waals surface area contributed by atoms with E-state index >= 15 is 0 Å². The molecule has 0 amide bonds. The first kappa shape index (κ1) is 15.7. The van der Waals surface area contributed by atoms with Crippen molar-refractivity contribution in [3.63, 3.8) is 0 Å². The maximum absolute atomic E-state index is 5.89. The molecule has 1 aliphatic heterocycles. The number of rotatable bonds is 4. The standard InChI is InChI=1S/C18H24N4O/c1-13-6-4-8-18(20-13)23-12-16-7-5-9-22(11-16)17-10-14(2)19-15(3)21-17/h4,6,8,10,16H,5,7,9,11-12H2,1-3H3. The summed E-state index contributed by atoms with van der Waals surface area (Å²) in [6, 6.07) is 7.95. The van der Waals surface area contributed by atoms with Crippen LogP contribution < -0.4 is 9.64 Å². The van der Waals surface area contributed by atoms with Gasteiger partial charge in [-0.1, -0.05) is 6.07 Å². The van der Waals surface area contributed by atoms with Crippen LogP contribution in [0.5, 0.6) is 5.88 Å². The highest BCUT2D eigenvalue weighted by Crippen LogP contribution is 2.23. The molecule has 0 spiro atoms. The van der Waals surface area contributed by atoms with E-state index in [1.807, 2.05) is 39.0 Å². The fourth-order valence-corrected chi connectivity index (χ4v) is 3.07. The zero-order chi connectivity index (χ0) is 16.2. The monoisotopic (exact) mass is 312 g/mol. The molecule has 3 rings (SSSR count). The van der Waals surface area contributed by atoms with E-state index in [4.69, 9.17) is 4.74 Å². The lowest BCUT2D eigenvalue weighted by atomic mass is 9.99. The lowest BCUT2D eigenvalue weighted by molar-refractivity contribution is 0.221. The van der Waals surface area contributed by atoms with Gasteiger partial charge in [0.2, 0.25) is 5.88 Å². The molecule has 122 valence electrons. The smallest absolute Gasteiger partial charge is 0.213 e. The van der Waals surface area contributed by atoms with Crippen LogP contribution in [0.4, 0.5) is 5.82 Å². The summed E-state index contributed by atoms with van der Waals surface area (Å²) < 4.78 is 5.89. The zero-order valence-electron chi connectivity index (χ0n) is 14.1. The molecule has 0 N–H and O–H groups in total. The van der Waals surface area contributed by atoms with Crippen LogP contribution in [0.2, 0.25) is 0 Å². The highest BCUT2D eigenvalue weighted by Gasteiger charge is 2.22. The Morgan fingerprint density at radius 1 is 1.13 bits per heavy atom. The van der Waals surface area contributed by atoms with Crippen LogP contribution in [-0.4, -0.2) is 34.6 Å². The number of hydrogen-bond donors (Lipinski definition) is 0. The van der Waals surface area contributed by atoms with Crippen molar-refractivity contribution in [2.75, 3.05) is 24.6 Å². The lowest BCUT2D eigenvalue weighted by Gasteiger charge is -2.33. The molecule has 5 heteroatoms. The molecule has 5 nitrogen and oxygen atoms in total. The van der Waals surface area contributed by atoms with Gasteiger partial charge in [0.15, 0.2) is 0 Å². The summed E-state index contributed by atoms with van der Waals surface area (Å²) in [4.78, 5) is 15.7. The van der Waals surface area contributed by atoms with E-state index in [0.717, 1.165) is 48.4 Å². The van der Waals surface area contributed by atoms with Gasteiger partial charge in [0.1, 0.15) is 11.6 Å². The molecule has 1 aliphatic rings. The summed E-state index contributed by atoms with van der Waals surface area (Å²) >= 11 is 0. The minimum Gasteiger partial charge on any atom is -0.477 e. The molecule has 23 heavy (non-hydrogen) atoms. The van der Waals surface area contributed by atoms with Gasteiger partial charge in [-0.3, -0.25) is 0 Å². The van der Waals surface area contributed by atoms with Gasteiger partial charge < -0.3 is 9.64 Å². The largest absolute Gasteiger partial charge is 0.477 e. The topological polar surface area (TPSA) is 51.1 Å². The van der Waals surface area contributed by atoms with Crippen LogP contribution in [0.15, 0.2) is 24.3 Å². The number of piperidine rings is 1. The number of aromatic nitrogens is 3. The molecule has 1 atom stereocenters. The molecule has 0 aliphatic carbocycles. The Bertz CT molecular complexity index is 654. The third-order valence-corrected chi connectivity index (χ3v) is 4.13. The Hall–Kier alpha value is -2.17. The molecule has 1 saturated heterocycles. The van der Waals surface area contributed by atoms with Crippen molar-refractivity contribution in [2.24, 2.45) is 5.92 Å².